The third-order valence-corrected chi connectivity index (χ3v) is 20.2. The Kier molecular flexibility index (Phi) is 16.9. The topological polar surface area (TPSA) is 143 Å². The van der Waals surface area contributed by atoms with Gasteiger partial charge < -0.3 is 24.0 Å². The van der Waals surface area contributed by atoms with Gasteiger partial charge in [-0.1, -0.05) is 51.0 Å². The summed E-state index contributed by atoms with van der Waals surface area (Å²) >= 11 is 8.80. The zero-order valence-electron chi connectivity index (χ0n) is 37.1. The van der Waals surface area contributed by atoms with E-state index in [2.05, 4.69) is 22.5 Å². The molecule has 65 heavy (non-hydrogen) atoms. The van der Waals surface area contributed by atoms with Crippen LogP contribution in [0.5, 0.6) is 11.5 Å². The molecule has 6 unspecified atom stereocenters. The van der Waals surface area contributed by atoms with Gasteiger partial charge in [0.15, 0.2) is 5.75 Å². The standard InChI is InChI=1S/C43H58N6O10S6/c1-4-6-22-44-24-10-8-12-36(50)57-48-42(30-60-26-28-62-42)46(64-44)39(52)54-34-18-14-32(15-19-34)41(3,33-16-20-35(56-48)21-17-33)38-55-40(53)47-43(31-61-27-29-63-43)49(59-38)58-37(51)13-9-11-25-45(65-47)23-7-5-2/h14-21,38H,4-13,22-31H2,1-3H3. The molecule has 0 saturated carbocycles. The fourth-order valence-electron chi connectivity index (χ4n) is 7.99. The number of fused-ring (bicyclic) bond motifs is 2. The molecule has 5 saturated heterocycles. The number of hydroxylamine groups is 4. The van der Waals surface area contributed by atoms with E-state index in [1.54, 1.807) is 56.4 Å². The van der Waals surface area contributed by atoms with Crippen LogP contribution >= 0.6 is 71.3 Å². The highest BCUT2D eigenvalue weighted by molar-refractivity contribution is 8.08. The lowest BCUT2D eigenvalue weighted by atomic mass is 9.75. The van der Waals surface area contributed by atoms with Crippen molar-refractivity contribution in [3.05, 3.63) is 59.7 Å². The Morgan fingerprint density at radius 3 is 1.65 bits per heavy atom. The SMILES string of the molecule is CCCCN1CCCCC(=O)ON2Oc3ccc(cc3)C(C)(C3OC(=O)N4SN(CCCC)CCCCC(=O)ON(O3)C43CSCCS3)c3ccc(cc3)OC(=O)N(S1)C21CSCCS1. The van der Waals surface area contributed by atoms with Crippen LogP contribution in [0, 0.1) is 0 Å². The number of ether oxygens (including phenoxy) is 2. The number of hydrogen-bond donors (Lipinski definition) is 0. The van der Waals surface area contributed by atoms with Crippen molar-refractivity contribution in [2.75, 3.05) is 60.7 Å². The number of amides is 2. The van der Waals surface area contributed by atoms with E-state index in [9.17, 15) is 19.2 Å². The van der Waals surface area contributed by atoms with Crippen molar-refractivity contribution in [3.8, 4) is 11.5 Å². The smallest absolute Gasteiger partial charge is 0.416 e. The number of unbranched alkanes of at least 4 members (excludes halogenated alkanes) is 2. The second-order valence-electron chi connectivity index (χ2n) is 16.5. The first-order valence-electron chi connectivity index (χ1n) is 22.5. The predicted octanol–water partition coefficient (Wildman–Crippen LogP) is 9.30. The Balaban J connectivity index is 1.23. The quantitative estimate of drug-likeness (QED) is 0.243. The van der Waals surface area contributed by atoms with E-state index in [-0.39, 0.29) is 18.6 Å². The number of carbonyl (C=O) groups excluding carboxylic acids is 4. The Bertz CT molecular complexity index is 1970. The van der Waals surface area contributed by atoms with Gasteiger partial charge >= 0.3 is 24.1 Å². The summed E-state index contributed by atoms with van der Waals surface area (Å²) in [5.74, 6) is 3.36. The molecule has 356 valence electrons. The van der Waals surface area contributed by atoms with Gasteiger partial charge in [-0.05, 0) is 80.8 Å². The third-order valence-electron chi connectivity index (χ3n) is 11.8. The van der Waals surface area contributed by atoms with Gasteiger partial charge in [0.1, 0.15) is 5.75 Å². The van der Waals surface area contributed by atoms with Crippen LogP contribution in [0.4, 0.5) is 9.59 Å². The molecule has 2 aromatic rings. The zero-order chi connectivity index (χ0) is 45.4. The van der Waals surface area contributed by atoms with Crippen LogP contribution in [0.1, 0.15) is 96.1 Å². The lowest BCUT2D eigenvalue weighted by Crippen LogP contribution is -2.63. The van der Waals surface area contributed by atoms with Gasteiger partial charge in [0, 0.05) is 103 Å². The Morgan fingerprint density at radius 1 is 0.615 bits per heavy atom. The Labute approximate surface area is 407 Å². The minimum atomic E-state index is -1.39. The average Bonchev–Trinajstić information content (AvgIpc) is 3.44. The highest BCUT2D eigenvalue weighted by Gasteiger charge is 2.60. The second kappa shape index (κ2) is 22.4. The average molecular weight is 1010 g/mol. The molecule has 5 fully saturated rings. The fraction of sp³-hybridized carbons (Fsp3) is 0.628. The van der Waals surface area contributed by atoms with Crippen LogP contribution in [-0.2, 0) is 34.3 Å². The lowest BCUT2D eigenvalue weighted by molar-refractivity contribution is -0.416. The number of carbonyl (C=O) groups is 4. The number of nitrogens with zero attached hydrogens (tertiary/aromatic N) is 6. The Hall–Kier alpha value is -2.38. The summed E-state index contributed by atoms with van der Waals surface area (Å²) in [6.45, 7) is 8.95. The van der Waals surface area contributed by atoms with E-state index in [4.69, 9.17) is 28.8 Å². The molecule has 0 N–H and O–H groups in total. The van der Waals surface area contributed by atoms with Gasteiger partial charge in [-0.15, -0.1) is 23.5 Å². The van der Waals surface area contributed by atoms with E-state index in [1.165, 1.54) is 58.2 Å². The summed E-state index contributed by atoms with van der Waals surface area (Å²) < 4.78 is 20.3. The minimum absolute atomic E-state index is 0.172. The van der Waals surface area contributed by atoms with Gasteiger partial charge in [0.2, 0.25) is 16.3 Å². The van der Waals surface area contributed by atoms with E-state index < -0.39 is 45.8 Å². The molecule has 2 amide bonds. The van der Waals surface area contributed by atoms with Crippen molar-refractivity contribution < 1.29 is 48.0 Å². The maximum Gasteiger partial charge on any atom is 0.429 e. The van der Waals surface area contributed by atoms with Crippen LogP contribution in [0.2, 0.25) is 0 Å². The first-order valence-corrected chi connectivity index (χ1v) is 28.2. The predicted molar refractivity (Wildman–Crippen MR) is 258 cm³/mol. The first-order chi connectivity index (χ1) is 31.6. The van der Waals surface area contributed by atoms with Gasteiger partial charge in [0.05, 0.1) is 10.6 Å². The summed E-state index contributed by atoms with van der Waals surface area (Å²) in [6, 6.07) is 14.3. The highest BCUT2D eigenvalue weighted by Crippen LogP contribution is 2.51. The van der Waals surface area contributed by atoms with Crippen molar-refractivity contribution >= 4 is 95.4 Å². The van der Waals surface area contributed by atoms with Crippen molar-refractivity contribution in [1.29, 1.82) is 0 Å². The molecule has 8 heterocycles. The van der Waals surface area contributed by atoms with Gasteiger partial charge in [-0.2, -0.15) is 23.5 Å². The molecule has 0 aromatic heterocycles. The molecule has 22 heteroatoms. The highest BCUT2D eigenvalue weighted by atomic mass is 32.2. The van der Waals surface area contributed by atoms with E-state index >= 15 is 0 Å². The second-order valence-corrected chi connectivity index (χ2v) is 23.5. The number of thioether (sulfide) groups is 4. The van der Waals surface area contributed by atoms with Crippen LogP contribution in [0.3, 0.4) is 0 Å². The van der Waals surface area contributed by atoms with Gasteiger partial charge in [0.25, 0.3) is 0 Å². The van der Waals surface area contributed by atoms with Crippen LogP contribution in [0.25, 0.3) is 0 Å². The summed E-state index contributed by atoms with van der Waals surface area (Å²) in [7, 11) is 0. The summed E-state index contributed by atoms with van der Waals surface area (Å²) in [5, 5.41) is 2.41. The van der Waals surface area contributed by atoms with E-state index in [1.807, 2.05) is 31.2 Å². The van der Waals surface area contributed by atoms with Crippen LogP contribution in [-0.4, -0.2) is 129 Å². The van der Waals surface area contributed by atoms with Crippen molar-refractivity contribution in [2.45, 2.75) is 107 Å². The largest absolute Gasteiger partial charge is 0.429 e. The summed E-state index contributed by atoms with van der Waals surface area (Å²) in [6.07, 6.45) is 4.16. The molecule has 0 radical (unpaired) electrons. The van der Waals surface area contributed by atoms with E-state index in [0.29, 0.717) is 65.8 Å². The van der Waals surface area contributed by atoms with Crippen LogP contribution < -0.4 is 9.57 Å². The van der Waals surface area contributed by atoms with E-state index in [0.717, 1.165) is 63.1 Å². The maximum absolute atomic E-state index is 14.9. The minimum Gasteiger partial charge on any atom is -0.416 e. The third kappa shape index (κ3) is 10.9. The first kappa shape index (κ1) is 49.1. The van der Waals surface area contributed by atoms with Crippen molar-refractivity contribution in [2.24, 2.45) is 0 Å². The monoisotopic (exact) mass is 1010 g/mol. The molecular weight excluding hydrogens is 953 g/mol. The molecule has 16 nitrogen and oxygen atoms in total. The lowest BCUT2D eigenvalue weighted by Gasteiger charge is -2.47. The molecule has 2 spiro atoms. The van der Waals surface area contributed by atoms with Crippen molar-refractivity contribution in [1.82, 2.24) is 27.7 Å². The van der Waals surface area contributed by atoms with Gasteiger partial charge in [-0.3, -0.25) is 9.59 Å². The fourth-order valence-corrected chi connectivity index (χ4v) is 16.2. The normalized spacial score (nSPS) is 31.3. The Morgan fingerprint density at radius 2 is 1.12 bits per heavy atom. The molecule has 8 bridgehead atoms. The molecule has 8 aliphatic rings. The van der Waals surface area contributed by atoms with Gasteiger partial charge in [-0.25, -0.2) is 31.6 Å². The number of benzene rings is 2. The molecule has 8 aliphatic heterocycles. The number of cyclic esters (lactones) is 1. The zero-order valence-corrected chi connectivity index (χ0v) is 42.0. The summed E-state index contributed by atoms with van der Waals surface area (Å²) in [4.78, 5) is 80.2. The molecular formula is C43H58N6O10S6. The summed E-state index contributed by atoms with van der Waals surface area (Å²) in [5.41, 5.74) is 0.0360. The maximum atomic E-state index is 14.9. The van der Waals surface area contributed by atoms with Crippen LogP contribution in [0.15, 0.2) is 48.5 Å². The van der Waals surface area contributed by atoms with Crippen molar-refractivity contribution in [3.63, 3.8) is 0 Å². The number of rotatable bonds is 7. The molecule has 2 aromatic carbocycles. The number of hydrogen-bond acceptors (Lipinski definition) is 20. The molecule has 0 aliphatic carbocycles. The molecule has 10 rings (SSSR count). The molecule has 6 atom stereocenters.